The predicted octanol–water partition coefficient (Wildman–Crippen LogP) is 0.760. The van der Waals surface area contributed by atoms with Crippen LogP contribution in [-0.2, 0) is 23.9 Å². The number of thioether (sulfide) groups is 1. The number of hydrogen-bond acceptors (Lipinski definition) is 8. The molecule has 2 amide bonds. The van der Waals surface area contributed by atoms with Crippen molar-refractivity contribution in [3.63, 3.8) is 0 Å². The van der Waals surface area contributed by atoms with E-state index in [2.05, 4.69) is 11.5 Å². The van der Waals surface area contributed by atoms with E-state index in [-0.39, 0.29) is 31.0 Å². The number of hydrogen-bond donors (Lipinski definition) is 1. The van der Waals surface area contributed by atoms with Gasteiger partial charge in [-0.2, -0.15) is 0 Å². The fourth-order valence-corrected chi connectivity index (χ4v) is 8.82. The Balaban J connectivity index is 1.64. The van der Waals surface area contributed by atoms with E-state index in [1.54, 1.807) is 34.6 Å². The zero-order chi connectivity index (χ0) is 25.2. The number of morpholine rings is 1. The lowest BCUT2D eigenvalue weighted by Gasteiger charge is -2.38. The first-order valence-corrected chi connectivity index (χ1v) is 13.6. The van der Waals surface area contributed by atoms with Crippen LogP contribution in [-0.4, -0.2) is 119 Å². The van der Waals surface area contributed by atoms with Crippen molar-refractivity contribution in [1.82, 2.24) is 14.7 Å². The molecule has 1 spiro atoms. The van der Waals surface area contributed by atoms with Gasteiger partial charge in [0, 0.05) is 50.6 Å². The van der Waals surface area contributed by atoms with Crippen LogP contribution in [0.5, 0.6) is 0 Å². The summed E-state index contributed by atoms with van der Waals surface area (Å²) in [6.07, 6.45) is 3.58. The van der Waals surface area contributed by atoms with Crippen molar-refractivity contribution >= 4 is 29.5 Å². The summed E-state index contributed by atoms with van der Waals surface area (Å²) in [7, 11) is 0. The number of aliphatic hydroxyl groups is 1. The summed E-state index contributed by atoms with van der Waals surface area (Å²) >= 11 is 1.65. The molecular weight excluding hydrogens is 470 g/mol. The number of esters is 1. The second-order valence-electron chi connectivity index (χ2n) is 10.1. The van der Waals surface area contributed by atoms with Gasteiger partial charge >= 0.3 is 5.97 Å². The van der Waals surface area contributed by atoms with E-state index < -0.39 is 27.4 Å². The second-order valence-corrected chi connectivity index (χ2v) is 12.0. The Morgan fingerprint density at radius 1 is 1.31 bits per heavy atom. The monoisotopic (exact) mass is 509 g/mol. The Labute approximate surface area is 212 Å². The number of rotatable bonds is 11. The zero-order valence-corrected chi connectivity index (χ0v) is 21.8. The van der Waals surface area contributed by atoms with Crippen LogP contribution in [0.4, 0.5) is 0 Å². The second kappa shape index (κ2) is 10.8. The van der Waals surface area contributed by atoms with Gasteiger partial charge < -0.3 is 24.4 Å². The van der Waals surface area contributed by atoms with Gasteiger partial charge in [0.1, 0.15) is 6.04 Å². The van der Waals surface area contributed by atoms with Crippen molar-refractivity contribution in [3.05, 3.63) is 12.7 Å². The van der Waals surface area contributed by atoms with Crippen molar-refractivity contribution in [1.29, 1.82) is 0 Å². The lowest BCUT2D eigenvalue weighted by Crippen LogP contribution is -2.56. The molecule has 0 aromatic heterocycles. The Morgan fingerprint density at radius 2 is 2.06 bits per heavy atom. The van der Waals surface area contributed by atoms with Crippen LogP contribution in [0.1, 0.15) is 33.1 Å². The lowest BCUT2D eigenvalue weighted by molar-refractivity contribution is -0.155. The number of nitrogens with zero attached hydrogens (tertiary/aromatic N) is 3. The van der Waals surface area contributed by atoms with Gasteiger partial charge in [-0.3, -0.25) is 19.3 Å². The van der Waals surface area contributed by atoms with Crippen LogP contribution >= 0.6 is 11.8 Å². The average Bonchev–Trinajstić information content (AvgIpc) is 3.41. The minimum absolute atomic E-state index is 0.0675. The molecule has 4 rings (SSSR count). The number of aliphatic hydroxyl groups excluding tert-OH is 1. The molecule has 0 radical (unpaired) electrons. The van der Waals surface area contributed by atoms with Crippen molar-refractivity contribution in [2.75, 3.05) is 65.7 Å². The largest absolute Gasteiger partial charge is 0.466 e. The number of ether oxygens (including phenoxy) is 2. The molecule has 9 nitrogen and oxygen atoms in total. The maximum Gasteiger partial charge on any atom is 0.311 e. The smallest absolute Gasteiger partial charge is 0.311 e. The quantitative estimate of drug-likeness (QED) is 0.322. The highest BCUT2D eigenvalue weighted by Crippen LogP contribution is 2.71. The Morgan fingerprint density at radius 3 is 2.71 bits per heavy atom. The van der Waals surface area contributed by atoms with Gasteiger partial charge in [0.05, 0.1) is 36.4 Å². The minimum Gasteiger partial charge on any atom is -0.466 e. The molecular formula is C25H39N3O6S. The van der Waals surface area contributed by atoms with Crippen molar-refractivity contribution < 1.29 is 29.0 Å². The molecule has 35 heavy (non-hydrogen) atoms. The first-order chi connectivity index (χ1) is 16.8. The van der Waals surface area contributed by atoms with E-state index >= 15 is 0 Å². The summed E-state index contributed by atoms with van der Waals surface area (Å²) in [6, 6.07) is -0.664. The predicted molar refractivity (Wildman–Crippen MR) is 133 cm³/mol. The molecule has 4 heterocycles. The molecule has 4 aliphatic heterocycles. The third-order valence-corrected chi connectivity index (χ3v) is 10.0. The molecule has 5 atom stereocenters. The minimum atomic E-state index is -0.664. The maximum absolute atomic E-state index is 14.2. The molecule has 10 heteroatoms. The molecule has 2 bridgehead atoms. The SMILES string of the molecule is C=CCN(CCN1CCOCC1)C(=O)C1N(CCCO)C(=O)[C@@H]2[C@@H](C(=O)OCC)[C@@]3(C)CCC12S3. The van der Waals surface area contributed by atoms with E-state index in [0.29, 0.717) is 45.7 Å². The van der Waals surface area contributed by atoms with E-state index in [9.17, 15) is 19.5 Å². The lowest BCUT2D eigenvalue weighted by atomic mass is 9.66. The van der Waals surface area contributed by atoms with Gasteiger partial charge in [0.25, 0.3) is 0 Å². The number of carbonyl (C=O) groups is 3. The van der Waals surface area contributed by atoms with Crippen LogP contribution in [0, 0.1) is 11.8 Å². The summed E-state index contributed by atoms with van der Waals surface area (Å²) in [5, 5.41) is 9.50. The summed E-state index contributed by atoms with van der Waals surface area (Å²) in [5.74, 6) is -1.73. The van der Waals surface area contributed by atoms with Gasteiger partial charge in [-0.15, -0.1) is 18.3 Å². The van der Waals surface area contributed by atoms with Crippen LogP contribution in [0.3, 0.4) is 0 Å². The van der Waals surface area contributed by atoms with E-state index in [4.69, 9.17) is 9.47 Å². The number of carbonyl (C=O) groups excluding carboxylic acids is 3. The number of amides is 2. The van der Waals surface area contributed by atoms with Crippen molar-refractivity contribution in [3.8, 4) is 0 Å². The Kier molecular flexibility index (Phi) is 8.15. The van der Waals surface area contributed by atoms with Crippen LogP contribution in [0.2, 0.25) is 0 Å². The van der Waals surface area contributed by atoms with E-state index in [0.717, 1.165) is 26.1 Å². The first kappa shape index (κ1) is 26.4. The van der Waals surface area contributed by atoms with Crippen LogP contribution < -0.4 is 0 Å². The number of fused-ring (bicyclic) bond motifs is 1. The summed E-state index contributed by atoms with van der Waals surface area (Å²) in [5.41, 5.74) is 0. The van der Waals surface area contributed by atoms with Gasteiger partial charge in [0.15, 0.2) is 0 Å². The zero-order valence-electron chi connectivity index (χ0n) is 20.9. The normalized spacial score (nSPS) is 34.2. The van der Waals surface area contributed by atoms with Crippen LogP contribution in [0.15, 0.2) is 12.7 Å². The summed E-state index contributed by atoms with van der Waals surface area (Å²) < 4.78 is 9.77. The van der Waals surface area contributed by atoms with Crippen molar-refractivity contribution in [2.24, 2.45) is 11.8 Å². The fourth-order valence-electron chi connectivity index (χ4n) is 6.48. The molecule has 0 aromatic rings. The highest BCUT2D eigenvalue weighted by atomic mass is 32.2. The van der Waals surface area contributed by atoms with Crippen LogP contribution in [0.25, 0.3) is 0 Å². The van der Waals surface area contributed by atoms with E-state index in [1.165, 1.54) is 0 Å². The molecule has 0 saturated carbocycles. The standard InChI is InChI=1S/C25H39N3O6S/c1-4-9-27(12-11-26-13-16-33-17-14-26)22(31)20-25-8-7-24(3,35-25)19(23(32)34-5-2)18(25)21(30)28(20)10-6-15-29/h4,18-20,29H,1,5-17H2,2-3H3/t18-,19-,20?,24+,25?/m0/s1. The van der Waals surface area contributed by atoms with Crippen molar-refractivity contribution in [2.45, 2.75) is 48.6 Å². The molecule has 4 aliphatic rings. The van der Waals surface area contributed by atoms with Gasteiger partial charge in [0.2, 0.25) is 11.8 Å². The summed E-state index contributed by atoms with van der Waals surface area (Å²) in [4.78, 5) is 46.9. The van der Waals surface area contributed by atoms with Gasteiger partial charge in [-0.05, 0) is 33.1 Å². The van der Waals surface area contributed by atoms with Gasteiger partial charge in [-0.25, -0.2) is 0 Å². The maximum atomic E-state index is 14.2. The highest BCUT2D eigenvalue weighted by Gasteiger charge is 2.77. The third-order valence-electron chi connectivity index (χ3n) is 8.06. The Bertz CT molecular complexity index is 836. The molecule has 0 aromatic carbocycles. The Hall–Kier alpha value is -1.62. The van der Waals surface area contributed by atoms with Gasteiger partial charge in [-0.1, -0.05) is 6.08 Å². The summed E-state index contributed by atoms with van der Waals surface area (Å²) in [6.45, 7) is 12.9. The van der Waals surface area contributed by atoms with E-state index in [1.807, 2.05) is 6.92 Å². The third kappa shape index (κ3) is 4.63. The first-order valence-electron chi connectivity index (χ1n) is 12.8. The molecule has 1 N–H and O–H groups in total. The molecule has 4 fully saturated rings. The molecule has 0 aliphatic carbocycles. The molecule has 2 unspecified atom stereocenters. The highest BCUT2D eigenvalue weighted by molar-refractivity contribution is 8.02. The fraction of sp³-hybridized carbons (Fsp3) is 0.800. The topological polar surface area (TPSA) is 99.6 Å². The molecule has 196 valence electrons. The number of likely N-dealkylation sites (tertiary alicyclic amines) is 1. The molecule has 4 saturated heterocycles. The average molecular weight is 510 g/mol.